The maximum Gasteiger partial charge on any atom is 0.295 e. The molecular formula is C27H25ClN2O4. The molecule has 1 fully saturated rings. The van der Waals surface area contributed by atoms with Crippen LogP contribution >= 0.6 is 11.6 Å². The standard InChI is InChI=1S/C27H25ClN2O4/c1-2-3-13-34-22-11-5-9-20(15-22)25(31)23-24(19-8-4-10-21(28)14-19)30(27(33)26(23)32)17-18-7-6-12-29-16-18/h4-12,14-16,24,31H,2-3,13,17H2,1H3/b25-23+. The molecule has 4 rings (SSSR count). The Hall–Kier alpha value is -3.64. The molecule has 0 aliphatic carbocycles. The molecule has 0 bridgehead atoms. The predicted octanol–water partition coefficient (Wildman–Crippen LogP) is 5.54. The Morgan fingerprint density at radius 3 is 2.68 bits per heavy atom. The van der Waals surface area contributed by atoms with Gasteiger partial charge in [0, 0.05) is 29.5 Å². The molecule has 2 aromatic carbocycles. The van der Waals surface area contributed by atoms with Crippen LogP contribution in [0.4, 0.5) is 0 Å². The maximum atomic E-state index is 13.2. The molecule has 0 radical (unpaired) electrons. The van der Waals surface area contributed by atoms with Crippen LogP contribution in [0.2, 0.25) is 5.02 Å². The highest BCUT2D eigenvalue weighted by atomic mass is 35.5. The summed E-state index contributed by atoms with van der Waals surface area (Å²) >= 11 is 6.24. The average molecular weight is 477 g/mol. The van der Waals surface area contributed by atoms with Gasteiger partial charge in [-0.3, -0.25) is 14.6 Å². The first-order valence-electron chi connectivity index (χ1n) is 11.2. The number of amides is 1. The number of pyridine rings is 1. The number of unbranched alkanes of at least 4 members (excludes halogenated alkanes) is 1. The number of aliphatic hydroxyl groups excluding tert-OH is 1. The van der Waals surface area contributed by atoms with Gasteiger partial charge >= 0.3 is 0 Å². The van der Waals surface area contributed by atoms with Gasteiger partial charge in [0.2, 0.25) is 0 Å². The normalized spacial score (nSPS) is 17.2. The summed E-state index contributed by atoms with van der Waals surface area (Å²) in [4.78, 5) is 31.9. The van der Waals surface area contributed by atoms with Crippen molar-refractivity contribution < 1.29 is 19.4 Å². The van der Waals surface area contributed by atoms with Crippen LogP contribution in [-0.4, -0.2) is 33.3 Å². The molecule has 1 N–H and O–H groups in total. The number of hydrogen-bond acceptors (Lipinski definition) is 5. The number of benzene rings is 2. The predicted molar refractivity (Wildman–Crippen MR) is 130 cm³/mol. The Kier molecular flexibility index (Phi) is 7.28. The molecule has 1 aromatic heterocycles. The highest BCUT2D eigenvalue weighted by molar-refractivity contribution is 6.46. The van der Waals surface area contributed by atoms with Gasteiger partial charge in [-0.1, -0.05) is 55.3 Å². The van der Waals surface area contributed by atoms with E-state index in [0.29, 0.717) is 28.5 Å². The fourth-order valence-electron chi connectivity index (χ4n) is 3.98. The molecule has 2 heterocycles. The number of halogens is 1. The Labute approximate surface area is 203 Å². The van der Waals surface area contributed by atoms with Gasteiger partial charge in [-0.2, -0.15) is 0 Å². The topological polar surface area (TPSA) is 79.7 Å². The van der Waals surface area contributed by atoms with Crippen LogP contribution in [0, 0.1) is 0 Å². The molecule has 174 valence electrons. The van der Waals surface area contributed by atoms with E-state index >= 15 is 0 Å². The second-order valence-electron chi connectivity index (χ2n) is 8.07. The molecule has 34 heavy (non-hydrogen) atoms. The third kappa shape index (κ3) is 4.97. The van der Waals surface area contributed by atoms with Gasteiger partial charge in [0.15, 0.2) is 0 Å². The van der Waals surface area contributed by atoms with E-state index < -0.39 is 17.7 Å². The van der Waals surface area contributed by atoms with Gasteiger partial charge in [0.1, 0.15) is 11.5 Å². The number of ether oxygens (including phenoxy) is 1. The molecule has 1 amide bonds. The lowest BCUT2D eigenvalue weighted by atomic mass is 9.95. The summed E-state index contributed by atoms with van der Waals surface area (Å²) < 4.78 is 5.75. The molecule has 3 aromatic rings. The smallest absolute Gasteiger partial charge is 0.295 e. The van der Waals surface area contributed by atoms with Crippen molar-refractivity contribution in [3.8, 4) is 5.75 Å². The van der Waals surface area contributed by atoms with Gasteiger partial charge in [0.25, 0.3) is 11.7 Å². The van der Waals surface area contributed by atoms with Crippen LogP contribution in [0.5, 0.6) is 5.75 Å². The lowest BCUT2D eigenvalue weighted by Gasteiger charge is -2.25. The summed E-state index contributed by atoms with van der Waals surface area (Å²) in [6.45, 7) is 2.79. The van der Waals surface area contributed by atoms with Crippen molar-refractivity contribution in [3.05, 3.63) is 100 Å². The molecule has 1 saturated heterocycles. The number of Topliss-reactive ketones (excluding diaryl/α,β-unsaturated/α-hetero) is 1. The van der Waals surface area contributed by atoms with E-state index in [9.17, 15) is 14.7 Å². The van der Waals surface area contributed by atoms with E-state index in [1.807, 2.05) is 6.07 Å². The molecule has 0 spiro atoms. The van der Waals surface area contributed by atoms with Crippen molar-refractivity contribution in [3.63, 3.8) is 0 Å². The Morgan fingerprint density at radius 2 is 1.94 bits per heavy atom. The minimum absolute atomic E-state index is 0.0156. The minimum Gasteiger partial charge on any atom is -0.507 e. The zero-order valence-corrected chi connectivity index (χ0v) is 19.5. The second-order valence-corrected chi connectivity index (χ2v) is 8.51. The summed E-state index contributed by atoms with van der Waals surface area (Å²) in [6.07, 6.45) is 5.19. The van der Waals surface area contributed by atoms with Gasteiger partial charge in [-0.05, 0) is 47.9 Å². The first-order valence-corrected chi connectivity index (χ1v) is 11.5. The number of nitrogens with zero attached hydrogens (tertiary/aromatic N) is 2. The molecule has 1 aliphatic rings. The van der Waals surface area contributed by atoms with Crippen molar-refractivity contribution in [1.29, 1.82) is 0 Å². The summed E-state index contributed by atoms with van der Waals surface area (Å²) in [6, 6.07) is 16.7. The quantitative estimate of drug-likeness (QED) is 0.200. The number of likely N-dealkylation sites (tertiary alicyclic amines) is 1. The number of carbonyl (C=O) groups excluding carboxylic acids is 2. The number of carbonyl (C=O) groups is 2. The first kappa shape index (κ1) is 23.5. The number of hydrogen-bond donors (Lipinski definition) is 1. The van der Waals surface area contributed by atoms with E-state index in [0.717, 1.165) is 18.4 Å². The molecule has 6 nitrogen and oxygen atoms in total. The molecule has 1 unspecified atom stereocenters. The summed E-state index contributed by atoms with van der Waals surface area (Å²) in [7, 11) is 0. The van der Waals surface area contributed by atoms with Crippen LogP contribution in [0.3, 0.4) is 0 Å². The molecule has 7 heteroatoms. The van der Waals surface area contributed by atoms with Crippen LogP contribution in [0.25, 0.3) is 5.76 Å². The summed E-state index contributed by atoms with van der Waals surface area (Å²) in [5, 5.41) is 11.7. The van der Waals surface area contributed by atoms with Crippen molar-refractivity contribution >= 4 is 29.1 Å². The SMILES string of the molecule is CCCCOc1cccc(/C(O)=C2\C(=O)C(=O)N(Cc3cccnc3)C2c2cccc(Cl)c2)c1. The van der Waals surface area contributed by atoms with Crippen LogP contribution in [0.15, 0.2) is 78.6 Å². The fourth-order valence-corrected chi connectivity index (χ4v) is 4.18. The van der Waals surface area contributed by atoms with Gasteiger partial charge in [-0.25, -0.2) is 0 Å². The number of aromatic nitrogens is 1. The number of ketones is 1. The first-order chi connectivity index (χ1) is 16.5. The Balaban J connectivity index is 1.79. The highest BCUT2D eigenvalue weighted by Crippen LogP contribution is 2.41. The zero-order chi connectivity index (χ0) is 24.1. The van der Waals surface area contributed by atoms with Crippen molar-refractivity contribution in [2.75, 3.05) is 6.61 Å². The highest BCUT2D eigenvalue weighted by Gasteiger charge is 2.46. The zero-order valence-electron chi connectivity index (χ0n) is 18.8. The van der Waals surface area contributed by atoms with Gasteiger partial charge in [-0.15, -0.1) is 0 Å². The van der Waals surface area contributed by atoms with Crippen molar-refractivity contribution in [2.45, 2.75) is 32.4 Å². The van der Waals surface area contributed by atoms with E-state index in [2.05, 4.69) is 11.9 Å². The molecule has 0 saturated carbocycles. The van der Waals surface area contributed by atoms with Crippen LogP contribution in [0.1, 0.15) is 42.5 Å². The monoisotopic (exact) mass is 476 g/mol. The minimum atomic E-state index is -0.802. The van der Waals surface area contributed by atoms with E-state index in [1.54, 1.807) is 67.0 Å². The number of rotatable bonds is 8. The van der Waals surface area contributed by atoms with E-state index in [4.69, 9.17) is 16.3 Å². The Morgan fingerprint density at radius 1 is 1.12 bits per heavy atom. The lowest BCUT2D eigenvalue weighted by molar-refractivity contribution is -0.140. The van der Waals surface area contributed by atoms with E-state index in [-0.39, 0.29) is 17.9 Å². The van der Waals surface area contributed by atoms with Crippen LogP contribution < -0.4 is 4.74 Å². The fraction of sp³-hybridized carbons (Fsp3) is 0.222. The van der Waals surface area contributed by atoms with Gasteiger partial charge in [0.05, 0.1) is 18.2 Å². The van der Waals surface area contributed by atoms with Crippen molar-refractivity contribution in [1.82, 2.24) is 9.88 Å². The largest absolute Gasteiger partial charge is 0.507 e. The average Bonchev–Trinajstić information content (AvgIpc) is 3.09. The van der Waals surface area contributed by atoms with Crippen LogP contribution in [-0.2, 0) is 16.1 Å². The molecule has 1 atom stereocenters. The Bertz CT molecular complexity index is 1230. The van der Waals surface area contributed by atoms with Crippen molar-refractivity contribution in [2.24, 2.45) is 0 Å². The summed E-state index contributed by atoms with van der Waals surface area (Å²) in [5.74, 6) is -1.10. The third-order valence-corrected chi connectivity index (χ3v) is 5.89. The number of aliphatic hydroxyl groups is 1. The summed E-state index contributed by atoms with van der Waals surface area (Å²) in [5.41, 5.74) is 1.82. The lowest BCUT2D eigenvalue weighted by Crippen LogP contribution is -2.29. The van der Waals surface area contributed by atoms with Gasteiger partial charge < -0.3 is 14.7 Å². The maximum absolute atomic E-state index is 13.2. The third-order valence-electron chi connectivity index (χ3n) is 5.65. The second kappa shape index (κ2) is 10.5. The van der Waals surface area contributed by atoms with E-state index in [1.165, 1.54) is 4.90 Å². The molecule has 1 aliphatic heterocycles. The molecular weight excluding hydrogens is 452 g/mol.